The summed E-state index contributed by atoms with van der Waals surface area (Å²) >= 11 is 3.26. The summed E-state index contributed by atoms with van der Waals surface area (Å²) in [5.74, 6) is -0.205. The summed E-state index contributed by atoms with van der Waals surface area (Å²) in [6, 6.07) is 1.43. The molecule has 13 heavy (non-hydrogen) atoms. The number of rotatable bonds is 0. The molecule has 1 heterocycles. The Morgan fingerprint density at radius 1 is 1.38 bits per heavy atom. The van der Waals surface area contributed by atoms with Gasteiger partial charge in [-0.3, -0.25) is 0 Å². The van der Waals surface area contributed by atoms with Crippen LogP contribution in [0.25, 0.3) is 11.0 Å². The second kappa shape index (κ2) is 2.84. The lowest BCUT2D eigenvalue weighted by Gasteiger charge is -2.00. The highest BCUT2D eigenvalue weighted by atomic mass is 79.9. The van der Waals surface area contributed by atoms with Gasteiger partial charge in [-0.25, -0.2) is 4.39 Å². The number of hydrogen-bond donors (Lipinski definition) is 0. The van der Waals surface area contributed by atoms with E-state index in [1.807, 2.05) is 6.92 Å². The Kier molecular flexibility index (Phi) is 1.91. The number of fused-ring (bicyclic) bond motifs is 1. The minimum atomic E-state index is -0.205. The van der Waals surface area contributed by atoms with Crippen LogP contribution in [0.1, 0.15) is 11.1 Å². The van der Waals surface area contributed by atoms with Gasteiger partial charge in [0.1, 0.15) is 11.4 Å². The SMILES string of the molecule is Cc1coc2c(Br)cc(F)c(C)c12. The van der Waals surface area contributed by atoms with Crippen molar-refractivity contribution in [1.82, 2.24) is 0 Å². The molecule has 1 aromatic heterocycles. The third-order valence-corrected chi connectivity index (χ3v) is 2.77. The molecular weight excluding hydrogens is 235 g/mol. The van der Waals surface area contributed by atoms with Crippen molar-refractivity contribution in [3.8, 4) is 0 Å². The molecule has 1 aromatic carbocycles. The predicted molar refractivity (Wildman–Crippen MR) is 53.3 cm³/mol. The first-order valence-electron chi connectivity index (χ1n) is 3.93. The van der Waals surface area contributed by atoms with Crippen LogP contribution < -0.4 is 0 Å². The summed E-state index contributed by atoms with van der Waals surface area (Å²) < 4.78 is 19.3. The van der Waals surface area contributed by atoms with E-state index in [4.69, 9.17) is 4.42 Å². The average Bonchev–Trinajstić information content (AvgIpc) is 2.44. The Morgan fingerprint density at radius 3 is 2.77 bits per heavy atom. The van der Waals surface area contributed by atoms with E-state index in [9.17, 15) is 4.39 Å². The maximum atomic E-state index is 13.3. The van der Waals surface area contributed by atoms with Crippen LogP contribution >= 0.6 is 15.9 Å². The molecule has 0 saturated heterocycles. The van der Waals surface area contributed by atoms with Crippen LogP contribution in [0.4, 0.5) is 4.39 Å². The molecule has 0 aliphatic rings. The van der Waals surface area contributed by atoms with Crippen LogP contribution in [-0.2, 0) is 0 Å². The monoisotopic (exact) mass is 242 g/mol. The summed E-state index contributed by atoms with van der Waals surface area (Å²) in [6.07, 6.45) is 1.64. The van der Waals surface area contributed by atoms with Gasteiger partial charge in [0.2, 0.25) is 0 Å². The zero-order valence-corrected chi connectivity index (χ0v) is 8.90. The number of halogens is 2. The van der Waals surface area contributed by atoms with Gasteiger partial charge in [-0.05, 0) is 47.0 Å². The number of hydrogen-bond acceptors (Lipinski definition) is 1. The first-order chi connectivity index (χ1) is 6.11. The van der Waals surface area contributed by atoms with Crippen LogP contribution in [0.15, 0.2) is 21.2 Å². The highest BCUT2D eigenvalue weighted by molar-refractivity contribution is 9.10. The molecule has 0 amide bonds. The Labute approximate surface area is 83.7 Å². The quantitative estimate of drug-likeness (QED) is 0.682. The van der Waals surface area contributed by atoms with E-state index < -0.39 is 0 Å². The molecule has 2 rings (SSSR count). The zero-order valence-electron chi connectivity index (χ0n) is 7.32. The fourth-order valence-corrected chi connectivity index (χ4v) is 1.98. The Balaban J connectivity index is 3.00. The van der Waals surface area contributed by atoms with E-state index in [0.29, 0.717) is 10.0 Å². The Morgan fingerprint density at radius 2 is 2.08 bits per heavy atom. The topological polar surface area (TPSA) is 13.1 Å². The number of aryl methyl sites for hydroxylation is 2. The van der Waals surface area contributed by atoms with Crippen molar-refractivity contribution in [2.75, 3.05) is 0 Å². The van der Waals surface area contributed by atoms with Gasteiger partial charge in [0.15, 0.2) is 0 Å². The van der Waals surface area contributed by atoms with Gasteiger partial charge in [-0.2, -0.15) is 0 Å². The lowest BCUT2D eigenvalue weighted by Crippen LogP contribution is -1.84. The second-order valence-electron chi connectivity index (χ2n) is 3.09. The smallest absolute Gasteiger partial charge is 0.148 e. The summed E-state index contributed by atoms with van der Waals surface area (Å²) in [6.45, 7) is 3.66. The molecule has 0 atom stereocenters. The van der Waals surface area contributed by atoms with Crippen molar-refractivity contribution in [3.63, 3.8) is 0 Å². The molecule has 0 aliphatic carbocycles. The van der Waals surface area contributed by atoms with Gasteiger partial charge in [-0.15, -0.1) is 0 Å². The van der Waals surface area contributed by atoms with E-state index in [1.54, 1.807) is 13.2 Å². The lowest BCUT2D eigenvalue weighted by atomic mass is 10.1. The third kappa shape index (κ3) is 1.18. The predicted octanol–water partition coefficient (Wildman–Crippen LogP) is 3.95. The summed E-state index contributed by atoms with van der Waals surface area (Å²) in [5.41, 5.74) is 2.33. The molecule has 1 nitrogen and oxygen atoms in total. The van der Waals surface area contributed by atoms with E-state index in [-0.39, 0.29) is 5.82 Å². The van der Waals surface area contributed by atoms with Gasteiger partial charge in [0.05, 0.1) is 10.7 Å². The van der Waals surface area contributed by atoms with Crippen molar-refractivity contribution in [3.05, 3.63) is 33.7 Å². The lowest BCUT2D eigenvalue weighted by molar-refractivity contribution is 0.602. The van der Waals surface area contributed by atoms with Crippen molar-refractivity contribution in [1.29, 1.82) is 0 Å². The van der Waals surface area contributed by atoms with Crippen molar-refractivity contribution >= 4 is 26.9 Å². The second-order valence-corrected chi connectivity index (χ2v) is 3.94. The van der Waals surface area contributed by atoms with Crippen LogP contribution in [-0.4, -0.2) is 0 Å². The Hall–Kier alpha value is -0.830. The van der Waals surface area contributed by atoms with E-state index in [2.05, 4.69) is 15.9 Å². The van der Waals surface area contributed by atoms with Gasteiger partial charge in [0, 0.05) is 5.39 Å². The van der Waals surface area contributed by atoms with Gasteiger partial charge >= 0.3 is 0 Å². The largest absolute Gasteiger partial charge is 0.463 e. The van der Waals surface area contributed by atoms with E-state index >= 15 is 0 Å². The fraction of sp³-hybridized carbons (Fsp3) is 0.200. The molecule has 0 aliphatic heterocycles. The Bertz CT molecular complexity index is 473. The number of furan rings is 1. The van der Waals surface area contributed by atoms with Crippen LogP contribution in [0, 0.1) is 19.7 Å². The maximum Gasteiger partial charge on any atom is 0.148 e. The summed E-state index contributed by atoms with van der Waals surface area (Å²) in [5, 5.41) is 0.867. The zero-order chi connectivity index (χ0) is 9.59. The molecular formula is C10H8BrFO. The molecule has 0 bridgehead atoms. The van der Waals surface area contributed by atoms with Crippen molar-refractivity contribution in [2.24, 2.45) is 0 Å². The molecule has 0 unspecified atom stereocenters. The molecule has 3 heteroatoms. The van der Waals surface area contributed by atoms with E-state index in [0.717, 1.165) is 16.5 Å². The summed E-state index contributed by atoms with van der Waals surface area (Å²) in [4.78, 5) is 0. The molecule has 0 fully saturated rings. The van der Waals surface area contributed by atoms with Crippen molar-refractivity contribution in [2.45, 2.75) is 13.8 Å². The van der Waals surface area contributed by atoms with Crippen LogP contribution in [0.2, 0.25) is 0 Å². The van der Waals surface area contributed by atoms with Gasteiger partial charge in [-0.1, -0.05) is 0 Å². The van der Waals surface area contributed by atoms with Gasteiger partial charge < -0.3 is 4.42 Å². The standard InChI is InChI=1S/C10H8BrFO/c1-5-4-13-10-7(11)3-8(12)6(2)9(5)10/h3-4H,1-2H3. The minimum absolute atomic E-state index is 0.205. The minimum Gasteiger partial charge on any atom is -0.463 e. The average molecular weight is 243 g/mol. The first kappa shape index (κ1) is 8.75. The van der Waals surface area contributed by atoms with E-state index in [1.165, 1.54) is 6.07 Å². The number of benzene rings is 1. The maximum absolute atomic E-state index is 13.3. The van der Waals surface area contributed by atoms with Gasteiger partial charge in [0.25, 0.3) is 0 Å². The molecule has 0 saturated carbocycles. The van der Waals surface area contributed by atoms with Crippen LogP contribution in [0.5, 0.6) is 0 Å². The summed E-state index contributed by atoms with van der Waals surface area (Å²) in [7, 11) is 0. The normalized spacial score (nSPS) is 11.1. The highest BCUT2D eigenvalue weighted by Gasteiger charge is 2.12. The third-order valence-electron chi connectivity index (χ3n) is 2.18. The highest BCUT2D eigenvalue weighted by Crippen LogP contribution is 2.32. The molecule has 2 aromatic rings. The fourth-order valence-electron chi connectivity index (χ4n) is 1.49. The van der Waals surface area contributed by atoms with Crippen molar-refractivity contribution < 1.29 is 8.81 Å². The molecule has 0 spiro atoms. The van der Waals surface area contributed by atoms with Crippen LogP contribution in [0.3, 0.4) is 0 Å². The molecule has 0 N–H and O–H groups in total. The molecule has 0 radical (unpaired) electrons. The first-order valence-corrected chi connectivity index (χ1v) is 4.73. The molecule has 68 valence electrons.